The number of H-pyrrole nitrogens is 1. The quantitative estimate of drug-likeness (QED) is 0.143. The number of carbonyl (C=O) groups excluding carboxylic acids is 2. The Morgan fingerprint density at radius 1 is 1.00 bits per heavy atom. The number of fused-ring (bicyclic) bond motifs is 2. The van der Waals surface area contributed by atoms with Gasteiger partial charge >= 0.3 is 6.03 Å². The lowest BCUT2D eigenvalue weighted by atomic mass is 9.88. The fourth-order valence-corrected chi connectivity index (χ4v) is 9.30. The topological polar surface area (TPSA) is 198 Å². The monoisotopic (exact) mass is 832 g/mol. The molecule has 0 bridgehead atoms. The zero-order valence-electron chi connectivity index (χ0n) is 33.0. The highest BCUT2D eigenvalue weighted by molar-refractivity contribution is 7.91. The van der Waals surface area contributed by atoms with Crippen molar-refractivity contribution in [3.8, 4) is 17.0 Å². The first-order chi connectivity index (χ1) is 28.9. The molecule has 2 saturated heterocycles. The van der Waals surface area contributed by atoms with Crippen LogP contribution < -0.4 is 20.3 Å². The van der Waals surface area contributed by atoms with Crippen molar-refractivity contribution in [1.82, 2.24) is 49.8 Å². The van der Waals surface area contributed by atoms with Crippen molar-refractivity contribution < 1.29 is 27.1 Å². The lowest BCUT2D eigenvalue weighted by Crippen LogP contribution is -2.49. The molecule has 2 aliphatic rings. The number of aromatic nitrogens is 8. The molecule has 0 radical (unpaired) electrons. The first kappa shape index (κ1) is 38.8. The van der Waals surface area contributed by atoms with E-state index in [1.54, 1.807) is 24.5 Å². The molecule has 6 heterocycles. The van der Waals surface area contributed by atoms with Crippen LogP contribution in [-0.4, -0.2) is 90.6 Å². The predicted octanol–water partition coefficient (Wildman–Crippen LogP) is 5.73. The minimum atomic E-state index is -4.07. The van der Waals surface area contributed by atoms with Crippen LogP contribution in [0, 0.1) is 5.82 Å². The van der Waals surface area contributed by atoms with Gasteiger partial charge in [0.2, 0.25) is 27.3 Å². The lowest BCUT2D eigenvalue weighted by Gasteiger charge is -2.32. The molecule has 3 amide bonds. The van der Waals surface area contributed by atoms with E-state index in [9.17, 15) is 18.0 Å². The number of aryl methyl sites for hydroxylation is 1. The van der Waals surface area contributed by atoms with Gasteiger partial charge in [-0.1, -0.05) is 24.3 Å². The molecule has 3 N–H and O–H groups in total. The molecular formula is C41H41FN12O5S. The highest BCUT2D eigenvalue weighted by Crippen LogP contribution is 2.38. The highest BCUT2D eigenvalue weighted by atomic mass is 32.2. The van der Waals surface area contributed by atoms with E-state index in [2.05, 4.69) is 46.9 Å². The molecule has 0 saturated carbocycles. The molecule has 0 spiro atoms. The third-order valence-corrected chi connectivity index (χ3v) is 12.5. The van der Waals surface area contributed by atoms with Crippen molar-refractivity contribution in [1.29, 1.82) is 0 Å². The summed E-state index contributed by atoms with van der Waals surface area (Å²) < 4.78 is 52.6. The predicted molar refractivity (Wildman–Crippen MR) is 219 cm³/mol. The van der Waals surface area contributed by atoms with E-state index in [4.69, 9.17) is 9.84 Å². The van der Waals surface area contributed by atoms with Crippen molar-refractivity contribution >= 4 is 55.8 Å². The fourth-order valence-electron chi connectivity index (χ4n) is 7.95. The van der Waals surface area contributed by atoms with Crippen LogP contribution in [0.25, 0.3) is 27.8 Å². The van der Waals surface area contributed by atoms with Crippen molar-refractivity contribution in [2.45, 2.75) is 61.5 Å². The summed E-state index contributed by atoms with van der Waals surface area (Å²) in [6.07, 6.45) is 6.52. The number of amides is 3. The molecule has 17 nitrogen and oxygen atoms in total. The maximum Gasteiger partial charge on any atom is 0.329 e. The van der Waals surface area contributed by atoms with Gasteiger partial charge in [-0.25, -0.2) is 22.6 Å². The summed E-state index contributed by atoms with van der Waals surface area (Å²) in [6.45, 7) is 6.14. The van der Waals surface area contributed by atoms with Crippen LogP contribution in [0.1, 0.15) is 50.2 Å². The number of nitrogens with one attached hydrogen (secondary N) is 3. The van der Waals surface area contributed by atoms with E-state index in [1.165, 1.54) is 33.9 Å². The van der Waals surface area contributed by atoms with Gasteiger partial charge in [-0.3, -0.25) is 29.7 Å². The van der Waals surface area contributed by atoms with Crippen LogP contribution in [0.15, 0.2) is 89.2 Å². The first-order valence-electron chi connectivity index (χ1n) is 19.5. The number of benzene rings is 3. The minimum absolute atomic E-state index is 0.0106. The number of likely N-dealkylation sites (tertiary alicyclic amines) is 1. The summed E-state index contributed by atoms with van der Waals surface area (Å²) in [5.74, 6) is 0.139. The highest BCUT2D eigenvalue weighted by Gasteiger charge is 2.30. The molecule has 2 fully saturated rings. The van der Waals surface area contributed by atoms with Crippen LogP contribution in [0.3, 0.4) is 0 Å². The van der Waals surface area contributed by atoms with Gasteiger partial charge in [0.25, 0.3) is 0 Å². The van der Waals surface area contributed by atoms with Crippen molar-refractivity contribution in [3.05, 3.63) is 96.3 Å². The molecule has 0 aliphatic carbocycles. The normalized spacial score (nSPS) is 15.7. The van der Waals surface area contributed by atoms with Gasteiger partial charge in [-0.15, -0.1) is 5.10 Å². The van der Waals surface area contributed by atoms with Gasteiger partial charge in [0.1, 0.15) is 17.8 Å². The van der Waals surface area contributed by atoms with E-state index in [-0.39, 0.29) is 52.3 Å². The molecule has 0 unspecified atom stereocenters. The van der Waals surface area contributed by atoms with Crippen LogP contribution in [0.2, 0.25) is 0 Å². The van der Waals surface area contributed by atoms with E-state index in [0.29, 0.717) is 35.0 Å². The number of aromatic amines is 1. The maximum absolute atomic E-state index is 15.6. The molecule has 9 rings (SSSR count). The Balaban J connectivity index is 0.873. The summed E-state index contributed by atoms with van der Waals surface area (Å²) in [5.41, 5.74) is 4.49. The van der Waals surface area contributed by atoms with Crippen LogP contribution in [0.5, 0.6) is 5.75 Å². The number of hydrogen-bond donors (Lipinski definition) is 3. The Hall–Kier alpha value is -6.73. The molecule has 60 heavy (non-hydrogen) atoms. The Labute approximate surface area is 343 Å². The summed E-state index contributed by atoms with van der Waals surface area (Å²) in [7, 11) is -2.20. The lowest BCUT2D eigenvalue weighted by molar-refractivity contribution is -0.120. The number of rotatable bonds is 11. The van der Waals surface area contributed by atoms with Gasteiger partial charge in [0.05, 0.1) is 33.3 Å². The largest absolute Gasteiger partial charge is 0.485 e. The molecule has 19 heteroatoms. The first-order valence-corrected chi connectivity index (χ1v) is 21.0. The van der Waals surface area contributed by atoms with Gasteiger partial charge in [0, 0.05) is 43.7 Å². The molecule has 308 valence electrons. The minimum Gasteiger partial charge on any atom is -0.485 e. The Morgan fingerprint density at radius 2 is 1.80 bits per heavy atom. The van der Waals surface area contributed by atoms with Gasteiger partial charge in [0.15, 0.2) is 11.6 Å². The zero-order chi connectivity index (χ0) is 41.7. The van der Waals surface area contributed by atoms with Crippen molar-refractivity contribution in [2.75, 3.05) is 29.9 Å². The molecule has 3 aromatic carbocycles. The molecule has 4 aromatic heterocycles. The molecule has 0 atom stereocenters. The summed E-state index contributed by atoms with van der Waals surface area (Å²) in [4.78, 5) is 37.1. The number of piperidine rings is 1. The number of halogens is 1. The average Bonchev–Trinajstić information content (AvgIpc) is 3.99. The van der Waals surface area contributed by atoms with Gasteiger partial charge in [-0.05, 0) is 93.2 Å². The standard InChI is InChI=1S/C41H41FN12O5S/c1-24(2)59-37-35(27-20-44-45-21-27)43-23-54-39(37)48-40(50-54)46-33-11-10-29(19-32(33)42)60(57,58)28-7-4-6-25(18-28)22-52-15-12-26(13-16-52)30-8-5-9-31-36(30)51(3)49-38(31)53-17-14-34(55)47-41(53)56/h4-11,18-21,23-24,26H,12-17,22H2,1-3H3,(H,44,45)(H,46,50)(H,47,55,56). The maximum atomic E-state index is 15.6. The van der Waals surface area contributed by atoms with Crippen LogP contribution in [0.4, 0.5) is 26.6 Å². The number of sulfone groups is 1. The second-order valence-electron chi connectivity index (χ2n) is 15.2. The second-order valence-corrected chi connectivity index (χ2v) is 17.1. The molecule has 2 aliphatic heterocycles. The number of urea groups is 1. The van der Waals surface area contributed by atoms with E-state index in [0.717, 1.165) is 54.0 Å². The smallest absolute Gasteiger partial charge is 0.329 e. The number of para-hydroxylation sites is 1. The van der Waals surface area contributed by atoms with Gasteiger partial charge < -0.3 is 10.1 Å². The van der Waals surface area contributed by atoms with E-state index < -0.39 is 21.7 Å². The molecule has 7 aromatic rings. The number of nitrogens with zero attached hydrogens (tertiary/aromatic N) is 9. The third-order valence-electron chi connectivity index (χ3n) is 10.8. The zero-order valence-corrected chi connectivity index (χ0v) is 33.8. The van der Waals surface area contributed by atoms with E-state index in [1.807, 2.05) is 43.8 Å². The number of ether oxygens (including phenoxy) is 1. The van der Waals surface area contributed by atoms with Crippen LogP contribution >= 0.6 is 0 Å². The number of anilines is 3. The summed E-state index contributed by atoms with van der Waals surface area (Å²) >= 11 is 0. The van der Waals surface area contributed by atoms with Gasteiger partial charge in [-0.2, -0.15) is 19.7 Å². The SMILES string of the molecule is CC(C)Oc1c(-c2cn[nH]c2)ncn2nc(Nc3ccc(S(=O)(=O)c4cccc(CN5CCC(c6cccc7c(N8CCC(=O)NC8=O)nn(C)c67)CC5)c4)cc3F)nc12. The van der Waals surface area contributed by atoms with Crippen molar-refractivity contribution in [3.63, 3.8) is 0 Å². The Morgan fingerprint density at radius 3 is 2.55 bits per heavy atom. The Kier molecular flexibility index (Phi) is 9.99. The number of carbonyl (C=O) groups is 2. The van der Waals surface area contributed by atoms with E-state index >= 15 is 4.39 Å². The second kappa shape index (κ2) is 15.5. The number of imide groups is 1. The third kappa shape index (κ3) is 7.29. The average molecular weight is 833 g/mol. The van der Waals surface area contributed by atoms with Crippen molar-refractivity contribution in [2.24, 2.45) is 7.05 Å². The Bertz CT molecular complexity index is 2890. The fraction of sp³-hybridized carbons (Fsp3) is 0.293. The summed E-state index contributed by atoms with van der Waals surface area (Å²) in [6, 6.07) is 16.1. The summed E-state index contributed by atoms with van der Waals surface area (Å²) in [5, 5.41) is 21.9. The van der Waals surface area contributed by atoms with Crippen LogP contribution in [-0.2, 0) is 28.2 Å². The number of hydrogen-bond acceptors (Lipinski definition) is 12. The molecular weight excluding hydrogens is 792 g/mol.